The number of carbonyl (C=O) groups excluding carboxylic acids is 1. The maximum atomic E-state index is 13.9. The number of nitrogens with zero attached hydrogens (tertiary/aromatic N) is 1. The van der Waals surface area contributed by atoms with Crippen LogP contribution in [0.25, 0.3) is 11.3 Å². The Hall–Kier alpha value is -2.88. The third-order valence-corrected chi connectivity index (χ3v) is 4.65. The maximum Gasteiger partial charge on any atom is 0.290 e. The predicted molar refractivity (Wildman–Crippen MR) is 93.6 cm³/mol. The van der Waals surface area contributed by atoms with Crippen molar-refractivity contribution in [2.45, 2.75) is 18.9 Å². The third kappa shape index (κ3) is 2.95. The zero-order valence-corrected chi connectivity index (χ0v) is 13.7. The number of amides is 1. The Morgan fingerprint density at radius 1 is 1.00 bits per heavy atom. The van der Waals surface area contributed by atoms with Crippen molar-refractivity contribution in [1.29, 1.82) is 0 Å². The molecule has 1 aliphatic heterocycles. The molecule has 3 nitrogen and oxygen atoms in total. The Balaban J connectivity index is 1.60. The van der Waals surface area contributed by atoms with Crippen molar-refractivity contribution in [3.63, 3.8) is 0 Å². The van der Waals surface area contributed by atoms with Crippen molar-refractivity contribution in [2.75, 3.05) is 6.54 Å². The minimum atomic E-state index is -0.362. The molecule has 0 saturated carbocycles. The van der Waals surface area contributed by atoms with E-state index in [1.54, 1.807) is 30.3 Å². The summed E-state index contributed by atoms with van der Waals surface area (Å²) in [5.41, 5.74) is 1.50. The number of likely N-dealkylation sites (tertiary alicyclic amines) is 1. The van der Waals surface area contributed by atoms with Gasteiger partial charge in [0.15, 0.2) is 5.76 Å². The van der Waals surface area contributed by atoms with E-state index in [0.717, 1.165) is 18.4 Å². The summed E-state index contributed by atoms with van der Waals surface area (Å²) in [5, 5.41) is 0. The Labute approximate surface area is 145 Å². The van der Waals surface area contributed by atoms with Gasteiger partial charge in [0.05, 0.1) is 11.6 Å². The van der Waals surface area contributed by atoms with Crippen LogP contribution in [0.4, 0.5) is 4.39 Å². The lowest BCUT2D eigenvalue weighted by Gasteiger charge is -2.24. The summed E-state index contributed by atoms with van der Waals surface area (Å²) in [4.78, 5) is 14.7. The molecule has 0 unspecified atom stereocenters. The van der Waals surface area contributed by atoms with Gasteiger partial charge in [0.2, 0.25) is 0 Å². The average Bonchev–Trinajstić information content (AvgIpc) is 3.32. The van der Waals surface area contributed by atoms with Crippen molar-refractivity contribution in [1.82, 2.24) is 4.90 Å². The lowest BCUT2D eigenvalue weighted by molar-refractivity contribution is 0.0704. The fourth-order valence-electron chi connectivity index (χ4n) is 3.43. The lowest BCUT2D eigenvalue weighted by Crippen LogP contribution is -2.30. The number of hydrogen-bond donors (Lipinski definition) is 0. The normalized spacial score (nSPS) is 17.0. The lowest BCUT2D eigenvalue weighted by atomic mass is 10.0. The highest BCUT2D eigenvalue weighted by atomic mass is 19.1. The number of rotatable bonds is 3. The van der Waals surface area contributed by atoms with E-state index >= 15 is 0 Å². The minimum Gasteiger partial charge on any atom is -0.451 e. The van der Waals surface area contributed by atoms with Crippen LogP contribution in [0.1, 0.15) is 35.0 Å². The average molecular weight is 335 g/mol. The number of furan rings is 1. The van der Waals surface area contributed by atoms with Gasteiger partial charge >= 0.3 is 0 Å². The predicted octanol–water partition coefficient (Wildman–Crippen LogP) is 5.06. The van der Waals surface area contributed by atoms with Crippen molar-refractivity contribution < 1.29 is 13.6 Å². The van der Waals surface area contributed by atoms with Crippen molar-refractivity contribution >= 4 is 5.91 Å². The largest absolute Gasteiger partial charge is 0.451 e. The summed E-state index contributed by atoms with van der Waals surface area (Å²) in [6.07, 6.45) is 1.91. The van der Waals surface area contributed by atoms with E-state index < -0.39 is 0 Å². The molecule has 2 heterocycles. The SMILES string of the molecule is O=C(c1ccc(-c2ccccc2F)o1)N1CCC[C@H]1c1ccccc1. The Morgan fingerprint density at radius 2 is 1.76 bits per heavy atom. The number of hydrogen-bond acceptors (Lipinski definition) is 2. The molecule has 1 saturated heterocycles. The monoisotopic (exact) mass is 335 g/mol. The van der Waals surface area contributed by atoms with Crippen LogP contribution in [-0.4, -0.2) is 17.4 Å². The molecule has 2 aromatic carbocycles. The summed E-state index contributed by atoms with van der Waals surface area (Å²) in [6.45, 7) is 0.703. The maximum absolute atomic E-state index is 13.9. The minimum absolute atomic E-state index is 0.0655. The summed E-state index contributed by atoms with van der Waals surface area (Å²) in [7, 11) is 0. The summed E-state index contributed by atoms with van der Waals surface area (Å²) in [6, 6.07) is 19.8. The molecule has 0 radical (unpaired) electrons. The Morgan fingerprint density at radius 3 is 2.56 bits per heavy atom. The number of carbonyl (C=O) groups is 1. The second kappa shape index (κ2) is 6.55. The topological polar surface area (TPSA) is 33.5 Å². The molecule has 3 aromatic rings. The molecule has 0 bridgehead atoms. The van der Waals surface area contributed by atoms with Crippen LogP contribution in [0, 0.1) is 5.82 Å². The zero-order valence-electron chi connectivity index (χ0n) is 13.7. The van der Waals surface area contributed by atoms with Crippen molar-refractivity contribution in [2.24, 2.45) is 0 Å². The van der Waals surface area contributed by atoms with Crippen LogP contribution in [0.15, 0.2) is 71.1 Å². The molecule has 1 atom stereocenters. The van der Waals surface area contributed by atoms with E-state index in [9.17, 15) is 9.18 Å². The second-order valence-electron chi connectivity index (χ2n) is 6.21. The summed E-state index contributed by atoms with van der Waals surface area (Å²) < 4.78 is 19.6. The van der Waals surface area contributed by atoms with Crippen LogP contribution in [0.5, 0.6) is 0 Å². The van der Waals surface area contributed by atoms with Gasteiger partial charge in [-0.25, -0.2) is 4.39 Å². The molecule has 1 aliphatic rings. The van der Waals surface area contributed by atoms with E-state index in [-0.39, 0.29) is 23.5 Å². The highest BCUT2D eigenvalue weighted by molar-refractivity contribution is 5.92. The van der Waals surface area contributed by atoms with E-state index in [1.807, 2.05) is 35.2 Å². The van der Waals surface area contributed by atoms with Crippen molar-refractivity contribution in [3.05, 3.63) is 83.9 Å². The van der Waals surface area contributed by atoms with Gasteiger partial charge in [-0.05, 0) is 42.7 Å². The standard InChI is InChI=1S/C21H18FNO2/c22-17-10-5-4-9-16(17)19-12-13-20(25-19)21(24)23-14-6-11-18(23)15-7-2-1-3-8-15/h1-5,7-10,12-13,18H,6,11,14H2/t18-/m0/s1. The molecule has 1 amide bonds. The first-order valence-corrected chi connectivity index (χ1v) is 8.45. The molecule has 1 fully saturated rings. The molecule has 0 aliphatic carbocycles. The fourth-order valence-corrected chi connectivity index (χ4v) is 3.43. The van der Waals surface area contributed by atoms with Crippen LogP contribution < -0.4 is 0 Å². The van der Waals surface area contributed by atoms with Crippen LogP contribution in [0.3, 0.4) is 0 Å². The Kier molecular flexibility index (Phi) is 4.10. The first-order valence-electron chi connectivity index (χ1n) is 8.45. The van der Waals surface area contributed by atoms with Crippen LogP contribution >= 0.6 is 0 Å². The quantitative estimate of drug-likeness (QED) is 0.670. The highest BCUT2D eigenvalue weighted by Crippen LogP contribution is 2.34. The van der Waals surface area contributed by atoms with E-state index in [0.29, 0.717) is 17.9 Å². The van der Waals surface area contributed by atoms with Gasteiger partial charge in [-0.15, -0.1) is 0 Å². The molecule has 4 heteroatoms. The third-order valence-electron chi connectivity index (χ3n) is 4.65. The molecule has 25 heavy (non-hydrogen) atoms. The molecule has 0 N–H and O–H groups in total. The summed E-state index contributed by atoms with van der Waals surface area (Å²) in [5.74, 6) is 0.117. The van der Waals surface area contributed by atoms with E-state index in [2.05, 4.69) is 0 Å². The molecular weight excluding hydrogens is 317 g/mol. The highest BCUT2D eigenvalue weighted by Gasteiger charge is 2.32. The van der Waals surface area contributed by atoms with Crippen LogP contribution in [0.2, 0.25) is 0 Å². The summed E-state index contributed by atoms with van der Waals surface area (Å²) >= 11 is 0. The van der Waals surface area contributed by atoms with Crippen molar-refractivity contribution in [3.8, 4) is 11.3 Å². The van der Waals surface area contributed by atoms with Gasteiger partial charge in [0.25, 0.3) is 5.91 Å². The molecular formula is C21H18FNO2. The van der Waals surface area contributed by atoms with Gasteiger partial charge in [-0.3, -0.25) is 4.79 Å². The molecule has 4 rings (SSSR count). The number of benzene rings is 2. The van der Waals surface area contributed by atoms with Gasteiger partial charge in [0, 0.05) is 6.54 Å². The first-order chi connectivity index (χ1) is 12.2. The Bertz CT molecular complexity index is 888. The zero-order chi connectivity index (χ0) is 17.2. The van der Waals surface area contributed by atoms with Crippen LogP contribution in [-0.2, 0) is 0 Å². The van der Waals surface area contributed by atoms with Gasteiger partial charge in [-0.2, -0.15) is 0 Å². The molecule has 0 spiro atoms. The van der Waals surface area contributed by atoms with Gasteiger partial charge in [-0.1, -0.05) is 42.5 Å². The first kappa shape index (κ1) is 15.6. The van der Waals surface area contributed by atoms with E-state index in [1.165, 1.54) is 6.07 Å². The second-order valence-corrected chi connectivity index (χ2v) is 6.21. The van der Waals surface area contributed by atoms with Gasteiger partial charge < -0.3 is 9.32 Å². The number of halogens is 1. The van der Waals surface area contributed by atoms with E-state index in [4.69, 9.17) is 4.42 Å². The van der Waals surface area contributed by atoms with Gasteiger partial charge in [0.1, 0.15) is 11.6 Å². The smallest absolute Gasteiger partial charge is 0.290 e. The molecule has 126 valence electrons. The molecule has 1 aromatic heterocycles. The fraction of sp³-hybridized carbons (Fsp3) is 0.190.